The van der Waals surface area contributed by atoms with E-state index in [0.717, 1.165) is 22.5 Å². The second kappa shape index (κ2) is 12.6. The summed E-state index contributed by atoms with van der Waals surface area (Å²) in [5.41, 5.74) is 4.48. The van der Waals surface area contributed by atoms with E-state index in [2.05, 4.69) is 26.3 Å². The Morgan fingerprint density at radius 3 is 2.49 bits per heavy atom. The van der Waals surface area contributed by atoms with Gasteiger partial charge in [0.05, 0.1) is 37.3 Å². The quantitative estimate of drug-likeness (QED) is 0.264. The smallest absolute Gasteiger partial charge is 0.328 e. The fraction of sp³-hybridized carbons (Fsp3) is 0.267. The summed E-state index contributed by atoms with van der Waals surface area (Å²) in [5.74, 6) is -0.0692. The van der Waals surface area contributed by atoms with Crippen LogP contribution in [0.1, 0.15) is 47.6 Å². The van der Waals surface area contributed by atoms with Crippen molar-refractivity contribution in [3.63, 3.8) is 0 Å². The lowest BCUT2D eigenvalue weighted by Gasteiger charge is -2.17. The van der Waals surface area contributed by atoms with Gasteiger partial charge in [-0.3, -0.25) is 4.79 Å². The molecule has 0 aliphatic heterocycles. The zero-order valence-corrected chi connectivity index (χ0v) is 22.2. The predicted octanol–water partition coefficient (Wildman–Crippen LogP) is 4.99. The third-order valence-electron chi connectivity index (χ3n) is 6.21. The van der Waals surface area contributed by atoms with E-state index in [1.807, 2.05) is 68.6 Å². The molecule has 0 spiro atoms. The van der Waals surface area contributed by atoms with E-state index < -0.39 is 17.9 Å². The van der Waals surface area contributed by atoms with Gasteiger partial charge in [0.15, 0.2) is 5.76 Å². The van der Waals surface area contributed by atoms with Crippen LogP contribution in [0.25, 0.3) is 11.3 Å². The van der Waals surface area contributed by atoms with E-state index in [1.54, 1.807) is 18.5 Å². The maximum Gasteiger partial charge on any atom is 0.328 e. The molecule has 9 heteroatoms. The zero-order chi connectivity index (χ0) is 27.8. The van der Waals surface area contributed by atoms with Gasteiger partial charge in [0.25, 0.3) is 5.91 Å². The SMILES string of the molecule is COC(=O)C(CC(C)C)NC(=O)c1ccc(-c2ccc(NCc3cncn3Cc3ccc(C#N)cc3)cc2)o1. The second-order valence-electron chi connectivity index (χ2n) is 9.60. The summed E-state index contributed by atoms with van der Waals surface area (Å²) in [6.07, 6.45) is 4.09. The van der Waals surface area contributed by atoms with Crippen molar-refractivity contribution in [1.29, 1.82) is 5.26 Å². The average molecular weight is 526 g/mol. The standard InChI is InChI=1S/C30H31N5O4/c1-20(2)14-26(30(37)38-3)34-29(36)28-13-12-27(39-28)23-8-10-24(11-9-23)33-17-25-16-32-19-35(25)18-22-6-4-21(15-31)5-7-22/h4-13,16,19-20,26,33H,14,17-18H2,1-3H3,(H,34,36). The highest BCUT2D eigenvalue weighted by molar-refractivity contribution is 5.95. The minimum absolute atomic E-state index is 0.125. The van der Waals surface area contributed by atoms with Crippen LogP contribution in [0.5, 0.6) is 0 Å². The summed E-state index contributed by atoms with van der Waals surface area (Å²) in [5, 5.41) is 15.1. The number of carbonyl (C=O) groups is 2. The maximum atomic E-state index is 12.7. The molecule has 39 heavy (non-hydrogen) atoms. The second-order valence-corrected chi connectivity index (χ2v) is 9.60. The van der Waals surface area contributed by atoms with Crippen LogP contribution < -0.4 is 10.6 Å². The molecular weight excluding hydrogens is 494 g/mol. The molecule has 1 unspecified atom stereocenters. The predicted molar refractivity (Wildman–Crippen MR) is 147 cm³/mol. The van der Waals surface area contributed by atoms with E-state index in [9.17, 15) is 9.59 Å². The average Bonchev–Trinajstić information content (AvgIpc) is 3.61. The summed E-state index contributed by atoms with van der Waals surface area (Å²) in [6, 6.07) is 19.9. The van der Waals surface area contributed by atoms with Gasteiger partial charge in [-0.1, -0.05) is 26.0 Å². The van der Waals surface area contributed by atoms with Gasteiger partial charge >= 0.3 is 5.97 Å². The van der Waals surface area contributed by atoms with Gasteiger partial charge in [-0.25, -0.2) is 9.78 Å². The topological polar surface area (TPSA) is 122 Å². The fourth-order valence-corrected chi connectivity index (χ4v) is 4.14. The molecule has 4 rings (SSSR count). The number of rotatable bonds is 11. The number of imidazole rings is 1. The first kappa shape index (κ1) is 27.2. The Morgan fingerprint density at radius 1 is 1.08 bits per heavy atom. The van der Waals surface area contributed by atoms with Crippen molar-refractivity contribution < 1.29 is 18.7 Å². The number of furan rings is 1. The molecule has 0 bridgehead atoms. The number of benzene rings is 2. The molecule has 2 aromatic heterocycles. The molecule has 200 valence electrons. The summed E-state index contributed by atoms with van der Waals surface area (Å²) in [4.78, 5) is 29.0. The van der Waals surface area contributed by atoms with Gasteiger partial charge in [-0.15, -0.1) is 0 Å². The van der Waals surface area contributed by atoms with Crippen LogP contribution in [-0.2, 0) is 22.6 Å². The highest BCUT2D eigenvalue weighted by Gasteiger charge is 2.24. The van der Waals surface area contributed by atoms with Gasteiger partial charge < -0.3 is 24.4 Å². The van der Waals surface area contributed by atoms with Crippen molar-refractivity contribution in [1.82, 2.24) is 14.9 Å². The lowest BCUT2D eigenvalue weighted by molar-refractivity contribution is -0.143. The number of amides is 1. The van der Waals surface area contributed by atoms with Gasteiger partial charge in [0.2, 0.25) is 0 Å². The summed E-state index contributed by atoms with van der Waals surface area (Å²) >= 11 is 0. The van der Waals surface area contributed by atoms with Crippen molar-refractivity contribution in [2.24, 2.45) is 5.92 Å². The molecule has 0 saturated heterocycles. The Kier molecular flexibility index (Phi) is 8.79. The largest absolute Gasteiger partial charge is 0.467 e. The van der Waals surface area contributed by atoms with Crippen LogP contribution in [0.3, 0.4) is 0 Å². The number of nitriles is 1. The Bertz CT molecular complexity index is 1450. The van der Waals surface area contributed by atoms with Crippen LogP contribution in [0.4, 0.5) is 5.69 Å². The number of carbonyl (C=O) groups excluding carboxylic acids is 2. The van der Waals surface area contributed by atoms with Crippen molar-refractivity contribution in [2.75, 3.05) is 12.4 Å². The fourth-order valence-electron chi connectivity index (χ4n) is 4.14. The molecule has 1 amide bonds. The van der Waals surface area contributed by atoms with Crippen LogP contribution in [0.2, 0.25) is 0 Å². The highest BCUT2D eigenvalue weighted by Crippen LogP contribution is 2.24. The number of nitrogens with one attached hydrogen (secondary N) is 2. The van der Waals surface area contributed by atoms with E-state index in [-0.39, 0.29) is 11.7 Å². The number of methoxy groups -OCH3 is 1. The third kappa shape index (κ3) is 7.14. The molecule has 0 saturated carbocycles. The minimum atomic E-state index is -0.734. The van der Waals surface area contributed by atoms with Gasteiger partial charge in [-0.05, 0) is 66.4 Å². The van der Waals surface area contributed by atoms with E-state index in [0.29, 0.717) is 30.8 Å². The van der Waals surface area contributed by atoms with Crippen LogP contribution in [0, 0.1) is 17.2 Å². The molecule has 0 fully saturated rings. The van der Waals surface area contributed by atoms with E-state index in [1.165, 1.54) is 7.11 Å². The first-order valence-electron chi connectivity index (χ1n) is 12.7. The number of nitrogens with zero attached hydrogens (tertiary/aromatic N) is 3. The molecule has 2 N–H and O–H groups in total. The van der Waals surface area contributed by atoms with E-state index >= 15 is 0 Å². The minimum Gasteiger partial charge on any atom is -0.467 e. The molecule has 1 atom stereocenters. The Hall–Kier alpha value is -4.84. The lowest BCUT2D eigenvalue weighted by atomic mass is 10.0. The van der Waals surface area contributed by atoms with Crippen LogP contribution >= 0.6 is 0 Å². The van der Waals surface area contributed by atoms with Gasteiger partial charge in [0.1, 0.15) is 11.8 Å². The number of esters is 1. The first-order chi connectivity index (χ1) is 18.9. The first-order valence-corrected chi connectivity index (χ1v) is 12.7. The maximum absolute atomic E-state index is 12.7. The van der Waals surface area contributed by atoms with Crippen LogP contribution in [-0.4, -0.2) is 34.6 Å². The zero-order valence-electron chi connectivity index (χ0n) is 22.2. The lowest BCUT2D eigenvalue weighted by Crippen LogP contribution is -2.42. The van der Waals surface area contributed by atoms with E-state index in [4.69, 9.17) is 14.4 Å². The molecule has 2 heterocycles. The molecule has 0 radical (unpaired) electrons. The number of hydrogen-bond donors (Lipinski definition) is 2. The molecule has 9 nitrogen and oxygen atoms in total. The van der Waals surface area contributed by atoms with Crippen molar-refractivity contribution in [3.05, 3.63) is 95.8 Å². The molecule has 0 aliphatic carbocycles. The molecule has 2 aromatic carbocycles. The summed E-state index contributed by atoms with van der Waals surface area (Å²) < 4.78 is 12.7. The molecular formula is C30H31N5O4. The van der Waals surface area contributed by atoms with Crippen molar-refractivity contribution in [3.8, 4) is 17.4 Å². The van der Waals surface area contributed by atoms with Gasteiger partial charge in [0, 0.05) is 24.0 Å². The van der Waals surface area contributed by atoms with Crippen LogP contribution in [0.15, 0.2) is 77.6 Å². The molecule has 0 aliphatic rings. The van der Waals surface area contributed by atoms with Crippen molar-refractivity contribution >= 4 is 17.6 Å². The number of anilines is 1. The Labute approximate surface area is 227 Å². The number of aromatic nitrogens is 2. The highest BCUT2D eigenvalue weighted by atomic mass is 16.5. The number of ether oxygens (including phenoxy) is 1. The molecule has 4 aromatic rings. The Balaban J connectivity index is 1.35. The van der Waals surface area contributed by atoms with Crippen molar-refractivity contribution in [2.45, 2.75) is 39.4 Å². The summed E-state index contributed by atoms with van der Waals surface area (Å²) in [6.45, 7) is 5.18. The van der Waals surface area contributed by atoms with Gasteiger partial charge in [-0.2, -0.15) is 5.26 Å². The normalized spacial score (nSPS) is 11.6. The monoisotopic (exact) mass is 525 g/mol. The summed E-state index contributed by atoms with van der Waals surface area (Å²) in [7, 11) is 1.30. The third-order valence-corrected chi connectivity index (χ3v) is 6.21. The Morgan fingerprint density at radius 2 is 1.82 bits per heavy atom. The number of hydrogen-bond acceptors (Lipinski definition) is 7.